The zero-order valence-corrected chi connectivity index (χ0v) is 14.9. The standard InChI is InChI=1S/C23H12F2O4/c24-12-6-8-14-18(10-12)22(28)16(20(14)26)4-2-1-3-5-17-21(27)15-9-7-13(25)11-19(15)23(17)29/h1-2,4-11H,3H2. The van der Waals surface area contributed by atoms with Gasteiger partial charge in [0.15, 0.2) is 23.1 Å². The van der Waals surface area contributed by atoms with E-state index in [2.05, 4.69) is 0 Å². The molecule has 0 fully saturated rings. The van der Waals surface area contributed by atoms with E-state index in [0.717, 1.165) is 24.3 Å². The molecule has 0 atom stereocenters. The minimum Gasteiger partial charge on any atom is -0.288 e. The molecule has 0 radical (unpaired) electrons. The third-order valence-electron chi connectivity index (χ3n) is 4.78. The molecule has 0 spiro atoms. The molecule has 0 N–H and O–H groups in total. The molecule has 29 heavy (non-hydrogen) atoms. The Labute approximate surface area is 163 Å². The average molecular weight is 390 g/mol. The van der Waals surface area contributed by atoms with E-state index in [1.54, 1.807) is 6.08 Å². The SMILES string of the molecule is O=C1C(=CC=CCC=C2C(=O)c3ccc(F)cc3C2=O)C(=O)c2cc(F)ccc21. The number of ketones is 4. The number of halogens is 2. The number of Topliss-reactive ketones (excluding diaryl/α,β-unsaturated/α-hetero) is 4. The molecule has 0 amide bonds. The molecule has 2 aromatic rings. The van der Waals surface area contributed by atoms with Gasteiger partial charge in [0.05, 0.1) is 11.1 Å². The number of carbonyl (C=O) groups is 4. The topological polar surface area (TPSA) is 68.3 Å². The van der Waals surface area contributed by atoms with Gasteiger partial charge in [0, 0.05) is 22.3 Å². The fraction of sp³-hybridized carbons (Fsp3) is 0.0435. The van der Waals surface area contributed by atoms with Crippen LogP contribution in [0.1, 0.15) is 47.9 Å². The van der Waals surface area contributed by atoms with Crippen LogP contribution < -0.4 is 0 Å². The highest BCUT2D eigenvalue weighted by Gasteiger charge is 2.33. The third kappa shape index (κ3) is 3.08. The van der Waals surface area contributed by atoms with E-state index in [1.165, 1.54) is 30.4 Å². The maximum Gasteiger partial charge on any atom is 0.197 e. The minimum atomic E-state index is -0.597. The van der Waals surface area contributed by atoms with Gasteiger partial charge in [-0.05, 0) is 48.9 Å². The summed E-state index contributed by atoms with van der Waals surface area (Å²) in [6, 6.07) is 6.87. The van der Waals surface area contributed by atoms with Gasteiger partial charge >= 0.3 is 0 Å². The smallest absolute Gasteiger partial charge is 0.197 e. The molecule has 2 aliphatic rings. The minimum absolute atomic E-state index is 0.0314. The third-order valence-corrected chi connectivity index (χ3v) is 4.78. The van der Waals surface area contributed by atoms with Crippen molar-refractivity contribution in [2.24, 2.45) is 0 Å². The number of benzene rings is 2. The van der Waals surface area contributed by atoms with E-state index in [-0.39, 0.29) is 39.8 Å². The molecule has 0 saturated carbocycles. The van der Waals surface area contributed by atoms with Crippen molar-refractivity contribution < 1.29 is 28.0 Å². The van der Waals surface area contributed by atoms with Crippen molar-refractivity contribution in [2.75, 3.05) is 0 Å². The fourth-order valence-electron chi connectivity index (χ4n) is 3.36. The van der Waals surface area contributed by atoms with Gasteiger partial charge in [-0.2, -0.15) is 0 Å². The Morgan fingerprint density at radius 2 is 1.14 bits per heavy atom. The summed E-state index contributed by atoms with van der Waals surface area (Å²) in [7, 11) is 0. The Kier molecular flexibility index (Phi) is 4.47. The first-order valence-corrected chi connectivity index (χ1v) is 8.73. The van der Waals surface area contributed by atoms with Crippen LogP contribution in [0.5, 0.6) is 0 Å². The molecule has 0 aromatic heterocycles. The highest BCUT2D eigenvalue weighted by atomic mass is 19.1. The largest absolute Gasteiger partial charge is 0.288 e. The lowest BCUT2D eigenvalue weighted by Crippen LogP contribution is -2.00. The van der Waals surface area contributed by atoms with Crippen molar-refractivity contribution in [1.82, 2.24) is 0 Å². The van der Waals surface area contributed by atoms with Gasteiger partial charge in [0.2, 0.25) is 0 Å². The van der Waals surface area contributed by atoms with Crippen LogP contribution in [-0.4, -0.2) is 23.1 Å². The number of fused-ring (bicyclic) bond motifs is 2. The Morgan fingerprint density at radius 3 is 1.72 bits per heavy atom. The molecule has 0 heterocycles. The van der Waals surface area contributed by atoms with Crippen molar-refractivity contribution in [3.05, 3.63) is 106 Å². The summed E-state index contributed by atoms with van der Waals surface area (Å²) < 4.78 is 26.6. The maximum atomic E-state index is 13.3. The second-order valence-electron chi connectivity index (χ2n) is 6.56. The van der Waals surface area contributed by atoms with Crippen LogP contribution in [-0.2, 0) is 0 Å². The maximum absolute atomic E-state index is 13.3. The molecule has 0 aliphatic heterocycles. The predicted molar refractivity (Wildman–Crippen MR) is 100 cm³/mol. The van der Waals surface area contributed by atoms with Crippen molar-refractivity contribution in [3.8, 4) is 0 Å². The molecule has 0 saturated heterocycles. The van der Waals surface area contributed by atoms with Crippen molar-refractivity contribution in [1.29, 1.82) is 0 Å². The first-order valence-electron chi connectivity index (χ1n) is 8.73. The number of allylic oxidation sites excluding steroid dienone is 6. The molecular formula is C23H12F2O4. The quantitative estimate of drug-likeness (QED) is 0.581. The second kappa shape index (κ2) is 6.98. The van der Waals surface area contributed by atoms with Crippen LogP contribution in [0.25, 0.3) is 0 Å². The Hall–Kier alpha value is -3.80. The molecule has 0 bridgehead atoms. The summed E-state index contributed by atoms with van der Waals surface area (Å²) in [5.74, 6) is -3.22. The van der Waals surface area contributed by atoms with Crippen LogP contribution in [0.15, 0.2) is 71.8 Å². The first kappa shape index (κ1) is 18.6. The monoisotopic (exact) mass is 390 g/mol. The lowest BCUT2D eigenvalue weighted by atomic mass is 10.1. The number of carbonyl (C=O) groups excluding carboxylic acids is 4. The zero-order chi connectivity index (χ0) is 20.7. The number of hydrogen-bond acceptors (Lipinski definition) is 4. The number of hydrogen-bond donors (Lipinski definition) is 0. The van der Waals surface area contributed by atoms with Crippen molar-refractivity contribution >= 4 is 23.1 Å². The molecule has 2 aromatic carbocycles. The van der Waals surface area contributed by atoms with Gasteiger partial charge in [0.1, 0.15) is 11.6 Å². The van der Waals surface area contributed by atoms with Crippen LogP contribution in [0.3, 0.4) is 0 Å². The summed E-state index contributed by atoms with van der Waals surface area (Å²) in [6.45, 7) is 0. The van der Waals surface area contributed by atoms with Gasteiger partial charge < -0.3 is 0 Å². The number of rotatable bonds is 3. The molecule has 2 aliphatic carbocycles. The molecular weight excluding hydrogens is 378 g/mol. The molecule has 4 rings (SSSR count). The normalized spacial score (nSPS) is 18.4. The van der Waals surface area contributed by atoms with Gasteiger partial charge in [0.25, 0.3) is 0 Å². The highest BCUT2D eigenvalue weighted by molar-refractivity contribution is 6.40. The summed E-state index contributed by atoms with van der Waals surface area (Å²) in [5.41, 5.74) is 0.277. The van der Waals surface area contributed by atoms with E-state index >= 15 is 0 Å². The molecule has 142 valence electrons. The summed E-state index contributed by atoms with van der Waals surface area (Å²) >= 11 is 0. The van der Waals surface area contributed by atoms with E-state index in [0.29, 0.717) is 0 Å². The Bertz CT molecular complexity index is 1220. The molecule has 4 nitrogen and oxygen atoms in total. The van der Waals surface area contributed by atoms with E-state index in [4.69, 9.17) is 0 Å². The lowest BCUT2D eigenvalue weighted by molar-refractivity contribution is 0.0973. The summed E-state index contributed by atoms with van der Waals surface area (Å²) in [6.07, 6.45) is 5.95. The predicted octanol–water partition coefficient (Wildman–Crippen LogP) is 4.22. The van der Waals surface area contributed by atoms with Crippen molar-refractivity contribution in [2.45, 2.75) is 6.42 Å². The van der Waals surface area contributed by atoms with Gasteiger partial charge in [-0.25, -0.2) is 8.78 Å². The van der Waals surface area contributed by atoms with E-state index < -0.39 is 34.8 Å². The van der Waals surface area contributed by atoms with E-state index in [9.17, 15) is 28.0 Å². The zero-order valence-electron chi connectivity index (χ0n) is 14.9. The first-order chi connectivity index (χ1) is 13.9. The van der Waals surface area contributed by atoms with Crippen LogP contribution in [0.2, 0.25) is 0 Å². The molecule has 0 unspecified atom stereocenters. The Balaban J connectivity index is 1.50. The van der Waals surface area contributed by atoms with Crippen LogP contribution in [0.4, 0.5) is 8.78 Å². The van der Waals surface area contributed by atoms with Gasteiger partial charge in [-0.3, -0.25) is 19.2 Å². The summed E-state index contributed by atoms with van der Waals surface area (Å²) in [4.78, 5) is 49.0. The summed E-state index contributed by atoms with van der Waals surface area (Å²) in [5, 5.41) is 0. The molecule has 6 heteroatoms. The Morgan fingerprint density at radius 1 is 0.655 bits per heavy atom. The highest BCUT2D eigenvalue weighted by Crippen LogP contribution is 2.28. The van der Waals surface area contributed by atoms with Gasteiger partial charge in [-0.15, -0.1) is 0 Å². The van der Waals surface area contributed by atoms with Crippen molar-refractivity contribution in [3.63, 3.8) is 0 Å². The lowest BCUT2D eigenvalue weighted by Gasteiger charge is -1.93. The van der Waals surface area contributed by atoms with Crippen LogP contribution in [0, 0.1) is 11.6 Å². The fourth-order valence-corrected chi connectivity index (χ4v) is 3.36. The van der Waals surface area contributed by atoms with E-state index in [1.807, 2.05) is 0 Å². The van der Waals surface area contributed by atoms with Gasteiger partial charge in [-0.1, -0.05) is 18.2 Å². The second-order valence-corrected chi connectivity index (χ2v) is 6.56. The van der Waals surface area contributed by atoms with Crippen LogP contribution >= 0.6 is 0 Å². The average Bonchev–Trinajstić information content (AvgIpc) is 3.07.